The SMILES string of the molecule is CNCC1CCCN(C(=O)C(C)c2cc3ccccc3o2)C1.Cl. The molecular formula is C18H25ClN2O2. The van der Waals surface area contributed by atoms with E-state index in [1.165, 1.54) is 6.42 Å². The van der Waals surface area contributed by atoms with Gasteiger partial charge in [0.05, 0.1) is 5.92 Å². The van der Waals surface area contributed by atoms with Crippen LogP contribution in [0.15, 0.2) is 34.7 Å². The van der Waals surface area contributed by atoms with E-state index < -0.39 is 0 Å². The minimum absolute atomic E-state index is 0. The molecule has 1 aliphatic heterocycles. The maximum Gasteiger partial charge on any atom is 0.233 e. The van der Waals surface area contributed by atoms with E-state index >= 15 is 0 Å². The summed E-state index contributed by atoms with van der Waals surface area (Å²) in [5, 5.41) is 4.28. The number of benzene rings is 1. The third-order valence-electron chi connectivity index (χ3n) is 4.57. The predicted molar refractivity (Wildman–Crippen MR) is 95.1 cm³/mol. The number of hydrogen-bond donors (Lipinski definition) is 1. The van der Waals surface area contributed by atoms with Gasteiger partial charge >= 0.3 is 0 Å². The third kappa shape index (κ3) is 3.88. The van der Waals surface area contributed by atoms with Crippen LogP contribution in [0.3, 0.4) is 0 Å². The normalized spacial score (nSPS) is 19.4. The average Bonchev–Trinajstić information content (AvgIpc) is 2.98. The number of nitrogens with zero attached hydrogens (tertiary/aromatic N) is 1. The molecule has 0 radical (unpaired) electrons. The number of hydrogen-bond acceptors (Lipinski definition) is 3. The summed E-state index contributed by atoms with van der Waals surface area (Å²) in [5.41, 5.74) is 0.851. The molecule has 1 aliphatic rings. The summed E-state index contributed by atoms with van der Waals surface area (Å²) in [6.07, 6.45) is 2.29. The van der Waals surface area contributed by atoms with Crippen LogP contribution < -0.4 is 5.32 Å². The van der Waals surface area contributed by atoms with Crippen molar-refractivity contribution in [3.63, 3.8) is 0 Å². The summed E-state index contributed by atoms with van der Waals surface area (Å²) in [5.74, 6) is 1.29. The molecular weight excluding hydrogens is 312 g/mol. The maximum atomic E-state index is 12.8. The van der Waals surface area contributed by atoms with Gasteiger partial charge in [-0.05, 0) is 51.4 Å². The van der Waals surface area contributed by atoms with E-state index in [1.807, 2.05) is 49.2 Å². The van der Waals surface area contributed by atoms with Crippen LogP contribution >= 0.6 is 12.4 Å². The number of rotatable bonds is 4. The average molecular weight is 337 g/mol. The Hall–Kier alpha value is -1.52. The molecule has 126 valence electrons. The van der Waals surface area contributed by atoms with Crippen molar-refractivity contribution in [1.29, 1.82) is 0 Å². The third-order valence-corrected chi connectivity index (χ3v) is 4.57. The number of likely N-dealkylation sites (tertiary alicyclic amines) is 1. The van der Waals surface area contributed by atoms with E-state index in [0.29, 0.717) is 5.92 Å². The largest absolute Gasteiger partial charge is 0.460 e. The Balaban J connectivity index is 0.00000192. The number of fused-ring (bicyclic) bond motifs is 1. The van der Waals surface area contributed by atoms with Crippen molar-refractivity contribution >= 4 is 29.3 Å². The first-order valence-electron chi connectivity index (χ1n) is 8.11. The molecule has 1 N–H and O–H groups in total. The Kier molecular flexibility index (Phi) is 6.08. The number of nitrogens with one attached hydrogen (secondary N) is 1. The lowest BCUT2D eigenvalue weighted by molar-refractivity contribution is -0.134. The summed E-state index contributed by atoms with van der Waals surface area (Å²) in [6, 6.07) is 9.90. The summed E-state index contributed by atoms with van der Waals surface area (Å²) in [4.78, 5) is 14.8. The fourth-order valence-corrected chi connectivity index (χ4v) is 3.33. The van der Waals surface area contributed by atoms with Crippen LogP contribution in [0.25, 0.3) is 11.0 Å². The highest BCUT2D eigenvalue weighted by Gasteiger charge is 2.28. The maximum absolute atomic E-state index is 12.8. The van der Waals surface area contributed by atoms with Crippen molar-refractivity contribution in [1.82, 2.24) is 10.2 Å². The van der Waals surface area contributed by atoms with E-state index in [0.717, 1.165) is 42.8 Å². The van der Waals surface area contributed by atoms with E-state index in [1.54, 1.807) is 0 Å². The standard InChI is InChI=1S/C18H24N2O2.ClH/c1-13(17-10-15-7-3-4-8-16(15)22-17)18(21)20-9-5-6-14(12-20)11-19-2;/h3-4,7-8,10,13-14,19H,5-6,9,11-12H2,1-2H3;1H. The second-order valence-corrected chi connectivity index (χ2v) is 6.26. The van der Waals surface area contributed by atoms with Crippen LogP contribution in [0.1, 0.15) is 31.4 Å². The van der Waals surface area contributed by atoms with Gasteiger partial charge in [-0.25, -0.2) is 0 Å². The van der Waals surface area contributed by atoms with Crippen LogP contribution in [-0.4, -0.2) is 37.5 Å². The first kappa shape index (κ1) is 17.8. The summed E-state index contributed by atoms with van der Waals surface area (Å²) < 4.78 is 5.86. The quantitative estimate of drug-likeness (QED) is 0.930. The molecule has 2 unspecified atom stereocenters. The van der Waals surface area contributed by atoms with E-state index in [-0.39, 0.29) is 24.2 Å². The number of carbonyl (C=O) groups excluding carboxylic acids is 1. The zero-order valence-corrected chi connectivity index (χ0v) is 14.6. The number of furan rings is 1. The topological polar surface area (TPSA) is 45.5 Å². The van der Waals surface area contributed by atoms with Gasteiger partial charge in [0, 0.05) is 18.5 Å². The van der Waals surface area contributed by atoms with Crippen LogP contribution in [-0.2, 0) is 4.79 Å². The van der Waals surface area contributed by atoms with Crippen molar-refractivity contribution in [2.45, 2.75) is 25.7 Å². The monoisotopic (exact) mass is 336 g/mol. The lowest BCUT2D eigenvalue weighted by Crippen LogP contribution is -2.44. The smallest absolute Gasteiger partial charge is 0.233 e. The van der Waals surface area contributed by atoms with Crippen molar-refractivity contribution in [3.8, 4) is 0 Å². The molecule has 1 fully saturated rings. The van der Waals surface area contributed by atoms with Crippen LogP contribution in [0.5, 0.6) is 0 Å². The molecule has 1 amide bonds. The predicted octanol–water partition coefficient (Wildman–Crippen LogP) is 3.42. The zero-order chi connectivity index (χ0) is 15.5. The lowest BCUT2D eigenvalue weighted by atomic mass is 9.96. The Bertz CT molecular complexity index is 620. The van der Waals surface area contributed by atoms with E-state index in [9.17, 15) is 4.79 Å². The second kappa shape index (κ2) is 7.84. The van der Waals surface area contributed by atoms with Crippen LogP contribution in [0, 0.1) is 5.92 Å². The number of piperidine rings is 1. The molecule has 3 rings (SSSR count). The fraction of sp³-hybridized carbons (Fsp3) is 0.500. The van der Waals surface area contributed by atoms with E-state index in [2.05, 4.69) is 5.32 Å². The molecule has 2 atom stereocenters. The molecule has 2 aromatic rings. The number of halogens is 1. The van der Waals surface area contributed by atoms with Crippen LogP contribution in [0.4, 0.5) is 0 Å². The molecule has 0 bridgehead atoms. The Labute approximate surface area is 143 Å². The highest BCUT2D eigenvalue weighted by molar-refractivity contribution is 5.86. The van der Waals surface area contributed by atoms with Gasteiger partial charge in [-0.15, -0.1) is 12.4 Å². The summed E-state index contributed by atoms with van der Waals surface area (Å²) in [6.45, 7) is 4.64. The first-order valence-corrected chi connectivity index (χ1v) is 8.11. The van der Waals surface area contributed by atoms with Crippen molar-refractivity contribution in [3.05, 3.63) is 36.1 Å². The lowest BCUT2D eigenvalue weighted by Gasteiger charge is -2.34. The zero-order valence-electron chi connectivity index (χ0n) is 13.7. The van der Waals surface area contributed by atoms with Gasteiger partial charge in [0.2, 0.25) is 5.91 Å². The molecule has 5 heteroatoms. The molecule has 1 saturated heterocycles. The molecule has 2 heterocycles. The number of amides is 1. The highest BCUT2D eigenvalue weighted by Crippen LogP contribution is 2.27. The Morgan fingerprint density at radius 1 is 1.43 bits per heavy atom. The summed E-state index contributed by atoms with van der Waals surface area (Å²) >= 11 is 0. The highest BCUT2D eigenvalue weighted by atomic mass is 35.5. The molecule has 23 heavy (non-hydrogen) atoms. The minimum atomic E-state index is -0.222. The van der Waals surface area contributed by atoms with Crippen LogP contribution in [0.2, 0.25) is 0 Å². The fourth-order valence-electron chi connectivity index (χ4n) is 3.33. The molecule has 1 aromatic carbocycles. The molecule has 0 saturated carbocycles. The van der Waals surface area contributed by atoms with Gasteiger partial charge < -0.3 is 14.6 Å². The second-order valence-electron chi connectivity index (χ2n) is 6.26. The summed E-state index contributed by atoms with van der Waals surface area (Å²) in [7, 11) is 1.97. The molecule has 0 spiro atoms. The van der Waals surface area contributed by atoms with E-state index in [4.69, 9.17) is 4.42 Å². The van der Waals surface area contributed by atoms with Gasteiger partial charge in [0.15, 0.2) is 0 Å². The van der Waals surface area contributed by atoms with Gasteiger partial charge in [-0.1, -0.05) is 18.2 Å². The first-order chi connectivity index (χ1) is 10.7. The van der Waals surface area contributed by atoms with Gasteiger partial charge in [0.25, 0.3) is 0 Å². The minimum Gasteiger partial charge on any atom is -0.460 e. The van der Waals surface area contributed by atoms with Gasteiger partial charge in [-0.3, -0.25) is 4.79 Å². The Morgan fingerprint density at radius 3 is 2.96 bits per heavy atom. The van der Waals surface area contributed by atoms with Gasteiger partial charge in [0.1, 0.15) is 11.3 Å². The number of para-hydroxylation sites is 1. The Morgan fingerprint density at radius 2 is 2.22 bits per heavy atom. The molecule has 1 aromatic heterocycles. The molecule has 4 nitrogen and oxygen atoms in total. The van der Waals surface area contributed by atoms with Crippen molar-refractivity contribution in [2.24, 2.45) is 5.92 Å². The number of carbonyl (C=O) groups is 1. The van der Waals surface area contributed by atoms with Gasteiger partial charge in [-0.2, -0.15) is 0 Å². The van der Waals surface area contributed by atoms with Crippen molar-refractivity contribution < 1.29 is 9.21 Å². The van der Waals surface area contributed by atoms with Crippen molar-refractivity contribution in [2.75, 3.05) is 26.7 Å². The molecule has 0 aliphatic carbocycles.